The van der Waals surface area contributed by atoms with Crippen LogP contribution >= 0.6 is 24.8 Å². The molecule has 0 atom stereocenters. The molecule has 0 saturated carbocycles. The average Bonchev–Trinajstić information content (AvgIpc) is 2.92. The molecule has 3 nitrogen and oxygen atoms in total. The van der Waals surface area contributed by atoms with Crippen LogP contribution in [0.1, 0.15) is 42.4 Å². The van der Waals surface area contributed by atoms with Gasteiger partial charge in [0.15, 0.2) is 0 Å². The van der Waals surface area contributed by atoms with E-state index in [1.165, 1.54) is 29.5 Å². The maximum atomic E-state index is 13.2. The molecule has 2 aromatic rings. The highest BCUT2D eigenvalue weighted by Gasteiger charge is 2.16. The minimum Gasteiger partial charge on any atom is -0.494 e. The Morgan fingerprint density at radius 3 is 2.53 bits per heavy atom. The molecule has 2 heterocycles. The van der Waals surface area contributed by atoms with Gasteiger partial charge >= 0.3 is 0 Å². The van der Waals surface area contributed by atoms with Crippen LogP contribution in [0.2, 0.25) is 0 Å². The van der Waals surface area contributed by atoms with E-state index in [1.807, 2.05) is 12.1 Å². The second kappa shape index (κ2) is 12.5. The fourth-order valence-electron chi connectivity index (χ4n) is 4.39. The normalized spacial score (nSPS) is 17.2. The summed E-state index contributed by atoms with van der Waals surface area (Å²) in [6, 6.07) is 13.5. The number of ether oxygens (including phenoxy) is 1. The summed E-state index contributed by atoms with van der Waals surface area (Å²) in [5.41, 5.74) is 3.98. The zero-order valence-corrected chi connectivity index (χ0v) is 19.1. The molecule has 0 bridgehead atoms. The zero-order chi connectivity index (χ0) is 19.2. The third-order valence-corrected chi connectivity index (χ3v) is 6.07. The largest absolute Gasteiger partial charge is 0.494 e. The minimum absolute atomic E-state index is 0. The van der Waals surface area contributed by atoms with Crippen LogP contribution in [0, 0.1) is 11.7 Å². The summed E-state index contributed by atoms with van der Waals surface area (Å²) in [4.78, 5) is 2.46. The molecule has 30 heavy (non-hydrogen) atoms. The minimum atomic E-state index is -0.170. The number of hydrogen-bond donors (Lipinski definition) is 1. The second-order valence-electron chi connectivity index (χ2n) is 8.20. The van der Waals surface area contributed by atoms with Crippen LogP contribution in [-0.4, -0.2) is 31.1 Å². The molecule has 1 fully saturated rings. The molecule has 2 aromatic carbocycles. The summed E-state index contributed by atoms with van der Waals surface area (Å²) in [7, 11) is 0. The van der Waals surface area contributed by atoms with Gasteiger partial charge in [-0.25, -0.2) is 4.39 Å². The predicted octanol–water partition coefficient (Wildman–Crippen LogP) is 5.39. The number of piperidine rings is 1. The molecule has 6 heteroatoms. The van der Waals surface area contributed by atoms with E-state index in [1.54, 1.807) is 12.1 Å². The molecule has 166 valence electrons. The number of aryl methyl sites for hydroxylation is 1. The molecular formula is C24H33Cl2FN2O. The summed E-state index contributed by atoms with van der Waals surface area (Å²) in [5.74, 6) is 1.63. The number of nitrogens with zero attached hydrogens (tertiary/aromatic N) is 1. The molecule has 2 aliphatic heterocycles. The van der Waals surface area contributed by atoms with Gasteiger partial charge in [-0.2, -0.15) is 0 Å². The fourth-order valence-corrected chi connectivity index (χ4v) is 4.39. The highest BCUT2D eigenvalue weighted by Crippen LogP contribution is 2.25. The molecular weight excluding hydrogens is 422 g/mol. The van der Waals surface area contributed by atoms with Crippen molar-refractivity contribution in [2.24, 2.45) is 5.92 Å². The second-order valence-corrected chi connectivity index (χ2v) is 8.20. The van der Waals surface area contributed by atoms with Crippen molar-refractivity contribution in [2.45, 2.75) is 45.2 Å². The first-order valence-corrected chi connectivity index (χ1v) is 10.7. The van der Waals surface area contributed by atoms with Gasteiger partial charge in [0.2, 0.25) is 0 Å². The molecule has 1 saturated heterocycles. The van der Waals surface area contributed by atoms with E-state index in [2.05, 4.69) is 28.4 Å². The number of hydrogen-bond acceptors (Lipinski definition) is 3. The van der Waals surface area contributed by atoms with Crippen LogP contribution in [0.3, 0.4) is 0 Å². The first-order valence-electron chi connectivity index (χ1n) is 10.7. The van der Waals surface area contributed by atoms with Gasteiger partial charge < -0.3 is 10.1 Å². The number of benzene rings is 2. The van der Waals surface area contributed by atoms with Crippen molar-refractivity contribution in [1.82, 2.24) is 10.2 Å². The van der Waals surface area contributed by atoms with Gasteiger partial charge in [0, 0.05) is 13.1 Å². The first kappa shape index (κ1) is 24.9. The summed E-state index contributed by atoms with van der Waals surface area (Å²) < 4.78 is 19.3. The van der Waals surface area contributed by atoms with E-state index in [-0.39, 0.29) is 30.6 Å². The average molecular weight is 455 g/mol. The number of fused-ring (bicyclic) bond motifs is 1. The van der Waals surface area contributed by atoms with Crippen molar-refractivity contribution in [3.05, 3.63) is 65.0 Å². The number of halogens is 3. The topological polar surface area (TPSA) is 24.5 Å². The Morgan fingerprint density at radius 1 is 1.00 bits per heavy atom. The molecule has 0 unspecified atom stereocenters. The molecule has 2 aliphatic rings. The summed E-state index contributed by atoms with van der Waals surface area (Å²) >= 11 is 0. The monoisotopic (exact) mass is 454 g/mol. The van der Waals surface area contributed by atoms with Crippen molar-refractivity contribution < 1.29 is 9.13 Å². The summed E-state index contributed by atoms with van der Waals surface area (Å²) in [6.45, 7) is 5.96. The Kier molecular flexibility index (Phi) is 10.4. The van der Waals surface area contributed by atoms with Crippen molar-refractivity contribution in [2.75, 3.05) is 26.2 Å². The standard InChI is InChI=1S/C24H31FN2O.2ClH/c25-23-6-3-20(4-7-23)17-27-14-1-2-21-5-8-24(16-22(21)18-27)28-15-11-19-9-12-26-13-10-19;;/h3-8,16,19,26H,1-2,9-15,17-18H2;2*1H. The van der Waals surface area contributed by atoms with Crippen molar-refractivity contribution in [3.63, 3.8) is 0 Å². The van der Waals surface area contributed by atoms with Gasteiger partial charge in [-0.05, 0) is 98.6 Å². The van der Waals surface area contributed by atoms with E-state index in [4.69, 9.17) is 4.74 Å². The lowest BCUT2D eigenvalue weighted by atomic mass is 9.95. The lowest BCUT2D eigenvalue weighted by Gasteiger charge is -2.23. The van der Waals surface area contributed by atoms with Gasteiger partial charge in [-0.1, -0.05) is 18.2 Å². The third kappa shape index (κ3) is 7.12. The van der Waals surface area contributed by atoms with Gasteiger partial charge in [-0.3, -0.25) is 4.90 Å². The number of rotatable bonds is 6. The van der Waals surface area contributed by atoms with Crippen LogP contribution in [0.5, 0.6) is 5.75 Å². The molecule has 0 radical (unpaired) electrons. The van der Waals surface area contributed by atoms with Crippen molar-refractivity contribution in [3.8, 4) is 5.75 Å². The van der Waals surface area contributed by atoms with E-state index in [0.717, 1.165) is 70.3 Å². The smallest absolute Gasteiger partial charge is 0.123 e. The first-order chi connectivity index (χ1) is 13.8. The molecule has 0 amide bonds. The fraction of sp³-hybridized carbons (Fsp3) is 0.500. The van der Waals surface area contributed by atoms with Crippen LogP contribution in [-0.2, 0) is 19.5 Å². The molecule has 0 aromatic heterocycles. The Hall–Kier alpha value is -1.33. The molecule has 0 spiro atoms. The maximum Gasteiger partial charge on any atom is 0.123 e. The Morgan fingerprint density at radius 2 is 1.77 bits per heavy atom. The SMILES string of the molecule is Cl.Cl.Fc1ccc(CN2CCCc3ccc(OCCC4CCNCC4)cc3C2)cc1. The van der Waals surface area contributed by atoms with Gasteiger partial charge in [0.05, 0.1) is 6.61 Å². The maximum absolute atomic E-state index is 13.2. The van der Waals surface area contributed by atoms with E-state index in [9.17, 15) is 4.39 Å². The molecule has 4 rings (SSSR count). The van der Waals surface area contributed by atoms with E-state index in [0.29, 0.717) is 0 Å². The molecule has 0 aliphatic carbocycles. The summed E-state index contributed by atoms with van der Waals surface area (Å²) in [5, 5.41) is 3.42. The van der Waals surface area contributed by atoms with Crippen LogP contribution in [0.4, 0.5) is 4.39 Å². The summed E-state index contributed by atoms with van der Waals surface area (Å²) in [6.07, 6.45) is 5.96. The lowest BCUT2D eigenvalue weighted by Crippen LogP contribution is -2.28. The van der Waals surface area contributed by atoms with Gasteiger partial charge in [0.1, 0.15) is 11.6 Å². The predicted molar refractivity (Wildman–Crippen MR) is 125 cm³/mol. The van der Waals surface area contributed by atoms with Crippen molar-refractivity contribution >= 4 is 24.8 Å². The third-order valence-electron chi connectivity index (χ3n) is 6.07. The van der Waals surface area contributed by atoms with Crippen LogP contribution < -0.4 is 10.1 Å². The highest BCUT2D eigenvalue weighted by atomic mass is 35.5. The van der Waals surface area contributed by atoms with Crippen LogP contribution in [0.15, 0.2) is 42.5 Å². The zero-order valence-electron chi connectivity index (χ0n) is 17.4. The lowest BCUT2D eigenvalue weighted by molar-refractivity contribution is 0.249. The Balaban J connectivity index is 0.00000160. The quantitative estimate of drug-likeness (QED) is 0.633. The van der Waals surface area contributed by atoms with Crippen molar-refractivity contribution in [1.29, 1.82) is 0 Å². The highest BCUT2D eigenvalue weighted by molar-refractivity contribution is 5.85. The molecule has 1 N–H and O–H groups in total. The van der Waals surface area contributed by atoms with Gasteiger partial charge in [-0.15, -0.1) is 24.8 Å². The van der Waals surface area contributed by atoms with Gasteiger partial charge in [0.25, 0.3) is 0 Å². The number of nitrogens with one attached hydrogen (secondary N) is 1. The van der Waals surface area contributed by atoms with E-state index >= 15 is 0 Å². The van der Waals surface area contributed by atoms with Crippen LogP contribution in [0.25, 0.3) is 0 Å². The van der Waals surface area contributed by atoms with E-state index < -0.39 is 0 Å². The Labute approximate surface area is 192 Å². The Bertz CT molecular complexity index is 766.